The van der Waals surface area contributed by atoms with Gasteiger partial charge in [-0.05, 0) is 37.3 Å². The van der Waals surface area contributed by atoms with E-state index in [1.54, 1.807) is 55.1 Å². The fraction of sp³-hybridized carbons (Fsp3) is 0.320. The van der Waals surface area contributed by atoms with E-state index in [9.17, 15) is 9.59 Å². The predicted octanol–water partition coefficient (Wildman–Crippen LogP) is 3.83. The average molecular weight is 452 g/mol. The largest absolute Gasteiger partial charge is 0.497 e. The molecule has 1 heterocycles. The third-order valence-electron chi connectivity index (χ3n) is 5.39. The molecule has 174 valence electrons. The molecule has 0 saturated heterocycles. The number of amides is 1. The number of esters is 1. The van der Waals surface area contributed by atoms with Crippen LogP contribution in [0.4, 0.5) is 0 Å². The Bertz CT molecular complexity index is 1110. The van der Waals surface area contributed by atoms with E-state index in [1.165, 1.54) is 7.11 Å². The lowest BCUT2D eigenvalue weighted by molar-refractivity contribution is -0.145. The molecular weight excluding hydrogens is 422 g/mol. The van der Waals surface area contributed by atoms with Crippen LogP contribution in [0, 0.1) is 5.92 Å². The molecule has 0 radical (unpaired) electrons. The second-order valence-electron chi connectivity index (χ2n) is 7.51. The number of hydrogen-bond acceptors (Lipinski definition) is 6. The molecule has 0 spiro atoms. The van der Waals surface area contributed by atoms with Crippen molar-refractivity contribution in [3.63, 3.8) is 0 Å². The molecule has 0 saturated carbocycles. The zero-order valence-electron chi connectivity index (χ0n) is 19.6. The molecule has 1 aromatic heterocycles. The van der Waals surface area contributed by atoms with Crippen LogP contribution in [0.5, 0.6) is 11.5 Å². The van der Waals surface area contributed by atoms with Crippen LogP contribution < -0.4 is 9.47 Å². The summed E-state index contributed by atoms with van der Waals surface area (Å²) in [6.07, 6.45) is 1.71. The predicted molar refractivity (Wildman–Crippen MR) is 125 cm³/mol. The lowest BCUT2D eigenvalue weighted by atomic mass is 10.0. The van der Waals surface area contributed by atoms with Crippen LogP contribution in [-0.2, 0) is 9.53 Å². The second-order valence-corrected chi connectivity index (χ2v) is 7.51. The van der Waals surface area contributed by atoms with Crippen molar-refractivity contribution >= 4 is 11.9 Å². The monoisotopic (exact) mass is 451 g/mol. The lowest BCUT2D eigenvalue weighted by Crippen LogP contribution is -2.37. The van der Waals surface area contributed by atoms with Gasteiger partial charge >= 0.3 is 5.97 Å². The summed E-state index contributed by atoms with van der Waals surface area (Å²) in [5, 5.41) is 4.74. The molecule has 8 nitrogen and oxygen atoms in total. The number of ether oxygens (including phenoxy) is 3. The van der Waals surface area contributed by atoms with Crippen LogP contribution in [0.3, 0.4) is 0 Å². The van der Waals surface area contributed by atoms with Crippen LogP contribution in [0.2, 0.25) is 0 Å². The van der Waals surface area contributed by atoms with Crippen molar-refractivity contribution in [2.45, 2.75) is 13.8 Å². The highest BCUT2D eigenvalue weighted by Gasteiger charge is 2.27. The van der Waals surface area contributed by atoms with Crippen LogP contribution in [0.1, 0.15) is 24.2 Å². The van der Waals surface area contributed by atoms with Crippen LogP contribution in [-0.4, -0.2) is 61.0 Å². The van der Waals surface area contributed by atoms with Gasteiger partial charge in [-0.1, -0.05) is 25.1 Å². The second kappa shape index (κ2) is 10.7. The van der Waals surface area contributed by atoms with Gasteiger partial charge in [0, 0.05) is 24.8 Å². The fourth-order valence-electron chi connectivity index (χ4n) is 3.57. The summed E-state index contributed by atoms with van der Waals surface area (Å²) in [5.41, 5.74) is 2.30. The molecule has 33 heavy (non-hydrogen) atoms. The van der Waals surface area contributed by atoms with E-state index in [0.29, 0.717) is 34.9 Å². The maximum atomic E-state index is 13.7. The van der Waals surface area contributed by atoms with Crippen molar-refractivity contribution in [3.8, 4) is 28.4 Å². The fourth-order valence-corrected chi connectivity index (χ4v) is 3.57. The molecule has 2 aromatic carbocycles. The summed E-state index contributed by atoms with van der Waals surface area (Å²) in [7, 11) is 4.48. The quantitative estimate of drug-likeness (QED) is 0.460. The van der Waals surface area contributed by atoms with Crippen molar-refractivity contribution in [2.24, 2.45) is 5.92 Å². The molecule has 0 aliphatic carbocycles. The Kier molecular flexibility index (Phi) is 7.71. The van der Waals surface area contributed by atoms with Crippen LogP contribution in [0.15, 0.2) is 54.7 Å². The summed E-state index contributed by atoms with van der Waals surface area (Å²) in [4.78, 5) is 27.2. The zero-order chi connectivity index (χ0) is 24.0. The van der Waals surface area contributed by atoms with Gasteiger partial charge in [-0.3, -0.25) is 9.59 Å². The zero-order valence-corrected chi connectivity index (χ0v) is 19.6. The van der Waals surface area contributed by atoms with Gasteiger partial charge in [0.15, 0.2) is 0 Å². The molecular formula is C25H29N3O5. The molecule has 0 aliphatic rings. The highest BCUT2D eigenvalue weighted by molar-refractivity contribution is 6.00. The van der Waals surface area contributed by atoms with E-state index in [4.69, 9.17) is 19.3 Å². The van der Waals surface area contributed by atoms with E-state index in [2.05, 4.69) is 0 Å². The summed E-state index contributed by atoms with van der Waals surface area (Å²) < 4.78 is 17.4. The Labute approximate surface area is 193 Å². The SMILES string of the molecule is CCN(CC(C)C(=O)OC)C(=O)c1cn(-c2ccccc2)nc1-c1cc(OC)ccc1OC. The van der Waals surface area contributed by atoms with Crippen molar-refractivity contribution in [3.05, 3.63) is 60.3 Å². The third-order valence-corrected chi connectivity index (χ3v) is 5.39. The highest BCUT2D eigenvalue weighted by atomic mass is 16.5. The topological polar surface area (TPSA) is 82.9 Å². The van der Waals surface area contributed by atoms with Gasteiger partial charge in [-0.25, -0.2) is 4.68 Å². The van der Waals surface area contributed by atoms with Gasteiger partial charge in [0.05, 0.1) is 38.5 Å². The molecule has 3 aromatic rings. The molecule has 1 amide bonds. The van der Waals surface area contributed by atoms with Crippen LogP contribution in [0.25, 0.3) is 16.9 Å². The van der Waals surface area contributed by atoms with Gasteiger partial charge in [0.25, 0.3) is 5.91 Å². The number of carbonyl (C=O) groups is 2. The minimum atomic E-state index is -0.460. The number of benzene rings is 2. The van der Waals surface area contributed by atoms with E-state index >= 15 is 0 Å². The minimum Gasteiger partial charge on any atom is -0.497 e. The molecule has 0 bridgehead atoms. The minimum absolute atomic E-state index is 0.229. The molecule has 1 unspecified atom stereocenters. The number of nitrogens with zero attached hydrogens (tertiary/aromatic N) is 3. The number of carbonyl (C=O) groups excluding carboxylic acids is 2. The summed E-state index contributed by atoms with van der Waals surface area (Å²) >= 11 is 0. The maximum absolute atomic E-state index is 13.7. The Morgan fingerprint density at radius 3 is 2.39 bits per heavy atom. The number of hydrogen-bond donors (Lipinski definition) is 0. The first-order valence-electron chi connectivity index (χ1n) is 10.7. The van der Waals surface area contributed by atoms with Gasteiger partial charge in [-0.2, -0.15) is 5.10 Å². The van der Waals surface area contributed by atoms with Crippen molar-refractivity contribution in [2.75, 3.05) is 34.4 Å². The number of methoxy groups -OCH3 is 3. The summed E-state index contributed by atoms with van der Waals surface area (Å²) in [5.74, 6) is 0.114. The molecule has 3 rings (SSSR count). The van der Waals surface area contributed by atoms with E-state index in [1.807, 2.05) is 37.3 Å². The first kappa shape index (κ1) is 23.8. The number of aromatic nitrogens is 2. The summed E-state index contributed by atoms with van der Waals surface area (Å²) in [6, 6.07) is 14.9. The standard InChI is InChI=1S/C25H29N3O5/c1-6-27(15-17(2)25(30)33-5)24(29)21-16-28(18-10-8-7-9-11-18)26-23(21)20-14-19(31-3)12-13-22(20)32-4/h7-14,16-17H,6,15H2,1-5H3. The maximum Gasteiger partial charge on any atom is 0.310 e. The van der Waals surface area contributed by atoms with Gasteiger partial charge in [0.1, 0.15) is 17.2 Å². The van der Waals surface area contributed by atoms with Crippen LogP contribution >= 0.6 is 0 Å². The van der Waals surface area contributed by atoms with E-state index in [-0.39, 0.29) is 18.4 Å². The van der Waals surface area contributed by atoms with Gasteiger partial charge in [-0.15, -0.1) is 0 Å². The molecule has 0 aliphatic heterocycles. The van der Waals surface area contributed by atoms with Gasteiger partial charge < -0.3 is 19.1 Å². The van der Waals surface area contributed by atoms with Crippen molar-refractivity contribution < 1.29 is 23.8 Å². The summed E-state index contributed by atoms with van der Waals surface area (Å²) in [6.45, 7) is 4.26. The number of para-hydroxylation sites is 1. The first-order chi connectivity index (χ1) is 15.9. The highest BCUT2D eigenvalue weighted by Crippen LogP contribution is 2.35. The van der Waals surface area contributed by atoms with E-state index < -0.39 is 5.92 Å². The Hall–Kier alpha value is -3.81. The molecule has 0 N–H and O–H groups in total. The first-order valence-corrected chi connectivity index (χ1v) is 10.7. The third kappa shape index (κ3) is 5.16. The molecule has 1 atom stereocenters. The van der Waals surface area contributed by atoms with E-state index in [0.717, 1.165) is 5.69 Å². The Balaban J connectivity index is 2.13. The Morgan fingerprint density at radius 1 is 1.06 bits per heavy atom. The smallest absolute Gasteiger partial charge is 0.310 e. The lowest BCUT2D eigenvalue weighted by Gasteiger charge is -2.23. The normalized spacial score (nSPS) is 11.5. The average Bonchev–Trinajstić information content (AvgIpc) is 3.31. The molecule has 8 heteroatoms. The number of rotatable bonds is 9. The van der Waals surface area contributed by atoms with Gasteiger partial charge in [0.2, 0.25) is 0 Å². The molecule has 0 fully saturated rings. The van der Waals surface area contributed by atoms with Crippen molar-refractivity contribution in [1.82, 2.24) is 14.7 Å². The van der Waals surface area contributed by atoms with Crippen molar-refractivity contribution in [1.29, 1.82) is 0 Å². The Morgan fingerprint density at radius 2 is 1.79 bits per heavy atom.